The lowest BCUT2D eigenvalue weighted by Gasteiger charge is -2.35. The number of hydrogen-bond donors (Lipinski definition) is 4. The number of esters is 1. The van der Waals surface area contributed by atoms with Gasteiger partial charge in [0.2, 0.25) is 17.7 Å². The second-order valence-electron chi connectivity index (χ2n) is 13.5. The first-order chi connectivity index (χ1) is 21.4. The molecule has 12 heteroatoms. The van der Waals surface area contributed by atoms with Gasteiger partial charge in [-0.1, -0.05) is 42.5 Å². The molecule has 46 heavy (non-hydrogen) atoms. The van der Waals surface area contributed by atoms with E-state index in [0.29, 0.717) is 12.8 Å². The number of hydrogen-bond acceptors (Lipinski definition) is 8. The summed E-state index contributed by atoms with van der Waals surface area (Å²) >= 11 is 0. The highest BCUT2D eigenvalue weighted by molar-refractivity contribution is 5.94. The molecule has 0 saturated heterocycles. The fourth-order valence-electron chi connectivity index (χ4n) is 4.84. The third-order valence-electron chi connectivity index (χ3n) is 6.87. The van der Waals surface area contributed by atoms with Crippen molar-refractivity contribution in [2.24, 2.45) is 5.73 Å². The van der Waals surface area contributed by atoms with Crippen LogP contribution in [-0.4, -0.2) is 69.1 Å². The number of amides is 4. The van der Waals surface area contributed by atoms with Gasteiger partial charge < -0.3 is 35.8 Å². The molecule has 2 aromatic carbocycles. The summed E-state index contributed by atoms with van der Waals surface area (Å²) in [5.74, 6) is -2.80. The summed E-state index contributed by atoms with van der Waals surface area (Å²) in [6, 6.07) is 11.0. The van der Waals surface area contributed by atoms with Crippen LogP contribution in [0.1, 0.15) is 84.4 Å². The standard InChI is InChI=1S/C34H46N4O8/c1-33(2,3)45-31(43)26(19-21-11-8-7-9-12-21)36-29(41)28(22-13-10-14-24(39)20-22)38(23-15-16-23)30(42)25(17-18-27(35)40)37-32(44)46-34(4,5)6/h7-14,20,23,25-26,28,39H,15-19H2,1-6H3,(H2,35,40)(H,36,41)(H,37,44). The first-order valence-corrected chi connectivity index (χ1v) is 15.4. The number of phenolic OH excluding ortho intramolecular Hbond substituents is 1. The van der Waals surface area contributed by atoms with Gasteiger partial charge in [-0.3, -0.25) is 14.4 Å². The molecule has 1 fully saturated rings. The summed E-state index contributed by atoms with van der Waals surface area (Å²) in [4.78, 5) is 67.9. The molecular weight excluding hydrogens is 592 g/mol. The van der Waals surface area contributed by atoms with Crippen molar-refractivity contribution in [1.29, 1.82) is 0 Å². The maximum Gasteiger partial charge on any atom is 0.408 e. The van der Waals surface area contributed by atoms with Gasteiger partial charge in [0.25, 0.3) is 0 Å². The molecule has 3 rings (SSSR count). The molecule has 2 aromatic rings. The SMILES string of the molecule is CC(C)(C)OC(=O)NC(CCC(N)=O)C(=O)N(C1CC1)C(C(=O)NC(Cc1ccccc1)C(=O)OC(C)(C)C)c1cccc(O)c1. The smallest absolute Gasteiger partial charge is 0.408 e. The molecule has 4 amide bonds. The zero-order chi connectivity index (χ0) is 34.2. The van der Waals surface area contributed by atoms with Gasteiger partial charge in [0.15, 0.2) is 0 Å². The van der Waals surface area contributed by atoms with E-state index in [2.05, 4.69) is 10.6 Å². The van der Waals surface area contributed by atoms with Gasteiger partial charge in [-0.15, -0.1) is 0 Å². The Morgan fingerprint density at radius 1 is 0.891 bits per heavy atom. The number of aromatic hydroxyl groups is 1. The second-order valence-corrected chi connectivity index (χ2v) is 13.5. The number of phenols is 1. The molecule has 3 atom stereocenters. The van der Waals surface area contributed by atoms with Crippen LogP contribution in [-0.2, 0) is 35.1 Å². The van der Waals surface area contributed by atoms with Crippen LogP contribution < -0.4 is 16.4 Å². The van der Waals surface area contributed by atoms with E-state index in [-0.39, 0.29) is 30.6 Å². The summed E-state index contributed by atoms with van der Waals surface area (Å²) < 4.78 is 11.0. The normalized spacial score (nSPS) is 15.1. The molecule has 1 aliphatic rings. The summed E-state index contributed by atoms with van der Waals surface area (Å²) in [5, 5.41) is 15.7. The van der Waals surface area contributed by atoms with Crippen LogP contribution >= 0.6 is 0 Å². The molecular formula is C34H46N4O8. The number of alkyl carbamates (subject to hydrolysis) is 1. The van der Waals surface area contributed by atoms with E-state index in [9.17, 15) is 29.1 Å². The zero-order valence-electron chi connectivity index (χ0n) is 27.4. The largest absolute Gasteiger partial charge is 0.508 e. The number of rotatable bonds is 13. The summed E-state index contributed by atoms with van der Waals surface area (Å²) in [7, 11) is 0. The predicted octanol–water partition coefficient (Wildman–Crippen LogP) is 3.65. The number of ether oxygens (including phenoxy) is 2. The molecule has 250 valence electrons. The van der Waals surface area contributed by atoms with Gasteiger partial charge in [0, 0.05) is 18.9 Å². The highest BCUT2D eigenvalue weighted by atomic mass is 16.6. The lowest BCUT2D eigenvalue weighted by atomic mass is 9.99. The van der Waals surface area contributed by atoms with Crippen LogP contribution in [0, 0.1) is 0 Å². The van der Waals surface area contributed by atoms with Crippen molar-refractivity contribution in [3.8, 4) is 5.75 Å². The van der Waals surface area contributed by atoms with E-state index < -0.39 is 65.2 Å². The van der Waals surface area contributed by atoms with Crippen molar-refractivity contribution in [2.75, 3.05) is 0 Å². The molecule has 0 radical (unpaired) electrons. The van der Waals surface area contributed by atoms with E-state index in [4.69, 9.17) is 15.2 Å². The lowest BCUT2D eigenvalue weighted by molar-refractivity contribution is -0.159. The number of nitrogens with one attached hydrogen (secondary N) is 2. The molecule has 0 aliphatic heterocycles. The van der Waals surface area contributed by atoms with Gasteiger partial charge in [-0.2, -0.15) is 0 Å². The van der Waals surface area contributed by atoms with Crippen LogP contribution in [0.4, 0.5) is 4.79 Å². The zero-order valence-corrected chi connectivity index (χ0v) is 27.4. The monoisotopic (exact) mass is 638 g/mol. The van der Waals surface area contributed by atoms with Gasteiger partial charge >= 0.3 is 12.1 Å². The Kier molecular flexibility index (Phi) is 11.8. The van der Waals surface area contributed by atoms with E-state index in [1.807, 2.05) is 30.3 Å². The molecule has 0 aromatic heterocycles. The number of carbonyl (C=O) groups is 5. The quantitative estimate of drug-likeness (QED) is 0.240. The molecule has 0 spiro atoms. The number of carbonyl (C=O) groups excluding carboxylic acids is 5. The lowest BCUT2D eigenvalue weighted by Crippen LogP contribution is -2.55. The minimum Gasteiger partial charge on any atom is -0.508 e. The summed E-state index contributed by atoms with van der Waals surface area (Å²) in [5.41, 5.74) is 4.74. The number of primary amides is 1. The van der Waals surface area contributed by atoms with E-state index in [1.54, 1.807) is 53.7 Å². The Balaban J connectivity index is 2.03. The number of benzene rings is 2. The Hall–Kier alpha value is -4.61. The first-order valence-electron chi connectivity index (χ1n) is 15.4. The highest BCUT2D eigenvalue weighted by Crippen LogP contribution is 2.37. The molecule has 3 unspecified atom stereocenters. The number of nitrogens with zero attached hydrogens (tertiary/aromatic N) is 1. The maximum atomic E-state index is 14.3. The molecule has 1 aliphatic carbocycles. The highest BCUT2D eigenvalue weighted by Gasteiger charge is 2.45. The fraction of sp³-hybridized carbons (Fsp3) is 0.500. The molecule has 1 saturated carbocycles. The van der Waals surface area contributed by atoms with Gasteiger partial charge in [0.05, 0.1) is 0 Å². The average molecular weight is 639 g/mol. The number of nitrogens with two attached hydrogens (primary N) is 1. The third-order valence-corrected chi connectivity index (χ3v) is 6.87. The van der Waals surface area contributed by atoms with Crippen molar-refractivity contribution in [2.45, 2.75) is 109 Å². The minimum atomic E-state index is -1.32. The topological polar surface area (TPSA) is 177 Å². The van der Waals surface area contributed by atoms with Crippen LogP contribution in [0.15, 0.2) is 54.6 Å². The first kappa shape index (κ1) is 35.9. The van der Waals surface area contributed by atoms with Crippen molar-refractivity contribution < 1.29 is 38.6 Å². The van der Waals surface area contributed by atoms with Gasteiger partial charge in [0.1, 0.15) is 35.1 Å². The Morgan fingerprint density at radius 3 is 2.07 bits per heavy atom. The van der Waals surface area contributed by atoms with E-state index >= 15 is 0 Å². The van der Waals surface area contributed by atoms with Crippen LogP contribution in [0.3, 0.4) is 0 Å². The fourth-order valence-corrected chi connectivity index (χ4v) is 4.84. The molecule has 0 heterocycles. The van der Waals surface area contributed by atoms with Crippen LogP contribution in [0.2, 0.25) is 0 Å². The molecule has 0 bridgehead atoms. The minimum absolute atomic E-state index is 0.118. The van der Waals surface area contributed by atoms with Crippen molar-refractivity contribution >= 4 is 29.8 Å². The van der Waals surface area contributed by atoms with Crippen LogP contribution in [0.5, 0.6) is 5.75 Å². The summed E-state index contributed by atoms with van der Waals surface area (Å²) in [6.07, 6.45) is 0.0290. The Morgan fingerprint density at radius 2 is 1.52 bits per heavy atom. The third kappa shape index (κ3) is 11.4. The van der Waals surface area contributed by atoms with Crippen LogP contribution in [0.25, 0.3) is 0 Å². The Bertz CT molecular complexity index is 1400. The van der Waals surface area contributed by atoms with E-state index in [1.165, 1.54) is 17.0 Å². The second kappa shape index (κ2) is 15.1. The van der Waals surface area contributed by atoms with Crippen molar-refractivity contribution in [1.82, 2.24) is 15.5 Å². The van der Waals surface area contributed by atoms with Crippen molar-refractivity contribution in [3.63, 3.8) is 0 Å². The van der Waals surface area contributed by atoms with Crippen molar-refractivity contribution in [3.05, 3.63) is 65.7 Å². The summed E-state index contributed by atoms with van der Waals surface area (Å²) in [6.45, 7) is 10.2. The van der Waals surface area contributed by atoms with E-state index in [0.717, 1.165) is 5.56 Å². The molecule has 5 N–H and O–H groups in total. The predicted molar refractivity (Wildman–Crippen MR) is 170 cm³/mol. The van der Waals surface area contributed by atoms with Gasteiger partial charge in [-0.05, 0) is 84.1 Å². The Labute approximate surface area is 270 Å². The maximum absolute atomic E-state index is 14.3. The molecule has 12 nitrogen and oxygen atoms in total. The average Bonchev–Trinajstić information content (AvgIpc) is 3.77. The van der Waals surface area contributed by atoms with Gasteiger partial charge in [-0.25, -0.2) is 9.59 Å².